The van der Waals surface area contributed by atoms with Crippen LogP contribution in [0.3, 0.4) is 0 Å². The first-order valence-electron chi connectivity index (χ1n) is 7.91. The van der Waals surface area contributed by atoms with Crippen molar-refractivity contribution in [2.45, 2.75) is 6.54 Å². The van der Waals surface area contributed by atoms with Crippen LogP contribution in [-0.4, -0.2) is 76.8 Å². The molecule has 3 rings (SSSR count). The molecule has 0 radical (unpaired) electrons. The van der Waals surface area contributed by atoms with Gasteiger partial charge in [-0.05, 0) is 12.1 Å². The summed E-state index contributed by atoms with van der Waals surface area (Å²) in [4.78, 5) is 9.13. The van der Waals surface area contributed by atoms with Crippen molar-refractivity contribution in [1.82, 2.24) is 19.2 Å². The molecule has 6 heteroatoms. The van der Waals surface area contributed by atoms with Crippen molar-refractivity contribution in [3.05, 3.63) is 36.3 Å². The Morgan fingerprint density at radius 3 is 2.91 bits per heavy atom. The third-order valence-corrected chi connectivity index (χ3v) is 4.13. The lowest BCUT2D eigenvalue weighted by molar-refractivity contribution is 0.0319. The maximum atomic E-state index is 9.32. The molecule has 0 unspecified atom stereocenters. The summed E-state index contributed by atoms with van der Waals surface area (Å²) in [6, 6.07) is 6.02. The summed E-state index contributed by atoms with van der Waals surface area (Å²) < 4.78 is 7.49. The van der Waals surface area contributed by atoms with Gasteiger partial charge in [-0.2, -0.15) is 0 Å². The second-order valence-electron chi connectivity index (χ2n) is 5.63. The van der Waals surface area contributed by atoms with Crippen molar-refractivity contribution in [2.75, 3.05) is 52.5 Å². The number of morpholine rings is 1. The first-order valence-corrected chi connectivity index (χ1v) is 7.91. The minimum absolute atomic E-state index is 0.180. The van der Waals surface area contributed by atoms with Crippen LogP contribution in [0.25, 0.3) is 5.65 Å². The second-order valence-corrected chi connectivity index (χ2v) is 5.63. The van der Waals surface area contributed by atoms with E-state index in [0.717, 1.165) is 57.3 Å². The number of fused-ring (bicyclic) bond motifs is 1. The maximum Gasteiger partial charge on any atom is 0.136 e. The molecule has 2 aromatic rings. The van der Waals surface area contributed by atoms with Gasteiger partial charge in [0.1, 0.15) is 5.65 Å². The Hall–Kier alpha value is -1.47. The molecule has 0 spiro atoms. The standard InChI is InChI=1S/C16H24N4O2/c21-10-7-19(6-5-18-8-11-22-12-9-18)14-15-13-17-16-3-1-2-4-20(15)16/h1-4,13,21H,5-12,14H2. The fourth-order valence-corrected chi connectivity index (χ4v) is 2.85. The molecule has 6 nitrogen and oxygen atoms in total. The quantitative estimate of drug-likeness (QED) is 0.805. The minimum atomic E-state index is 0.180. The predicted molar refractivity (Wildman–Crippen MR) is 84.8 cm³/mol. The number of nitrogens with zero attached hydrogens (tertiary/aromatic N) is 4. The largest absolute Gasteiger partial charge is 0.395 e. The normalized spacial score (nSPS) is 16.6. The fraction of sp³-hybridized carbons (Fsp3) is 0.562. The summed E-state index contributed by atoms with van der Waals surface area (Å²) in [5.41, 5.74) is 2.13. The van der Waals surface area contributed by atoms with Gasteiger partial charge in [0.15, 0.2) is 0 Å². The van der Waals surface area contributed by atoms with Gasteiger partial charge in [-0.1, -0.05) is 6.07 Å². The molecular weight excluding hydrogens is 280 g/mol. The average Bonchev–Trinajstić information content (AvgIpc) is 2.97. The van der Waals surface area contributed by atoms with Gasteiger partial charge in [-0.25, -0.2) is 4.98 Å². The van der Waals surface area contributed by atoms with E-state index >= 15 is 0 Å². The highest BCUT2D eigenvalue weighted by molar-refractivity contribution is 5.39. The molecule has 2 aromatic heterocycles. The zero-order valence-corrected chi connectivity index (χ0v) is 12.9. The van der Waals surface area contributed by atoms with Crippen LogP contribution in [0.15, 0.2) is 30.6 Å². The Morgan fingerprint density at radius 2 is 2.09 bits per heavy atom. The summed E-state index contributed by atoms with van der Waals surface area (Å²) >= 11 is 0. The summed E-state index contributed by atoms with van der Waals surface area (Å²) in [5, 5.41) is 9.32. The highest BCUT2D eigenvalue weighted by atomic mass is 16.5. The van der Waals surface area contributed by atoms with Crippen LogP contribution in [0, 0.1) is 0 Å². The third-order valence-electron chi connectivity index (χ3n) is 4.13. The lowest BCUT2D eigenvalue weighted by Crippen LogP contribution is -2.42. The number of ether oxygens (including phenoxy) is 1. The average molecular weight is 304 g/mol. The minimum Gasteiger partial charge on any atom is -0.395 e. The highest BCUT2D eigenvalue weighted by Crippen LogP contribution is 2.09. The Labute approximate surface area is 130 Å². The van der Waals surface area contributed by atoms with Gasteiger partial charge in [-0.15, -0.1) is 0 Å². The zero-order valence-electron chi connectivity index (χ0n) is 12.9. The summed E-state index contributed by atoms with van der Waals surface area (Å²) in [6.45, 7) is 7.28. The van der Waals surface area contributed by atoms with Crippen LogP contribution < -0.4 is 0 Å². The number of pyridine rings is 1. The van der Waals surface area contributed by atoms with E-state index in [1.165, 1.54) is 0 Å². The van der Waals surface area contributed by atoms with E-state index < -0.39 is 0 Å². The highest BCUT2D eigenvalue weighted by Gasteiger charge is 2.14. The number of aromatic nitrogens is 2. The molecule has 1 aliphatic rings. The van der Waals surface area contributed by atoms with Crippen molar-refractivity contribution < 1.29 is 9.84 Å². The molecule has 0 aromatic carbocycles. The van der Waals surface area contributed by atoms with Gasteiger partial charge in [0.05, 0.1) is 31.7 Å². The van der Waals surface area contributed by atoms with E-state index in [2.05, 4.69) is 19.2 Å². The van der Waals surface area contributed by atoms with Gasteiger partial charge in [0.2, 0.25) is 0 Å². The molecule has 0 bridgehead atoms. The molecule has 0 aliphatic carbocycles. The smallest absolute Gasteiger partial charge is 0.136 e. The lowest BCUT2D eigenvalue weighted by Gasteiger charge is -2.29. The molecule has 120 valence electrons. The molecule has 3 heterocycles. The first kappa shape index (κ1) is 15.4. The van der Waals surface area contributed by atoms with Gasteiger partial charge >= 0.3 is 0 Å². The third kappa shape index (κ3) is 3.84. The molecule has 0 amide bonds. The van der Waals surface area contributed by atoms with Crippen molar-refractivity contribution in [3.8, 4) is 0 Å². The van der Waals surface area contributed by atoms with E-state index in [1.54, 1.807) is 0 Å². The summed E-state index contributed by atoms with van der Waals surface area (Å²) in [6.07, 6.45) is 3.96. The van der Waals surface area contributed by atoms with Gasteiger partial charge in [0, 0.05) is 45.5 Å². The molecule has 1 saturated heterocycles. The first-order chi connectivity index (χ1) is 10.9. The van der Waals surface area contributed by atoms with E-state index in [9.17, 15) is 5.11 Å². The number of rotatable bonds is 7. The van der Waals surface area contributed by atoms with E-state index in [-0.39, 0.29) is 6.61 Å². The fourth-order valence-electron chi connectivity index (χ4n) is 2.85. The maximum absolute atomic E-state index is 9.32. The van der Waals surface area contributed by atoms with Gasteiger partial charge < -0.3 is 14.2 Å². The summed E-state index contributed by atoms with van der Waals surface area (Å²) in [7, 11) is 0. The SMILES string of the molecule is OCCN(CCN1CCOCC1)Cc1cnc2ccccn12. The number of hydrogen-bond donors (Lipinski definition) is 1. The lowest BCUT2D eigenvalue weighted by atomic mass is 10.3. The van der Waals surface area contributed by atoms with Crippen LogP contribution in [0.1, 0.15) is 5.69 Å². The van der Waals surface area contributed by atoms with Gasteiger partial charge in [0.25, 0.3) is 0 Å². The van der Waals surface area contributed by atoms with Crippen molar-refractivity contribution in [2.24, 2.45) is 0 Å². The van der Waals surface area contributed by atoms with Crippen LogP contribution in [0.2, 0.25) is 0 Å². The van der Waals surface area contributed by atoms with Crippen molar-refractivity contribution in [1.29, 1.82) is 0 Å². The number of aliphatic hydroxyl groups is 1. The molecule has 1 fully saturated rings. The monoisotopic (exact) mass is 304 g/mol. The molecule has 0 atom stereocenters. The second kappa shape index (κ2) is 7.69. The Kier molecular flexibility index (Phi) is 5.39. The van der Waals surface area contributed by atoms with Gasteiger partial charge in [-0.3, -0.25) is 9.80 Å². The molecule has 22 heavy (non-hydrogen) atoms. The zero-order chi connectivity index (χ0) is 15.2. The summed E-state index contributed by atoms with van der Waals surface area (Å²) in [5.74, 6) is 0. The van der Waals surface area contributed by atoms with Crippen LogP contribution in [-0.2, 0) is 11.3 Å². The van der Waals surface area contributed by atoms with Crippen LogP contribution in [0.4, 0.5) is 0 Å². The van der Waals surface area contributed by atoms with Crippen LogP contribution >= 0.6 is 0 Å². The Bertz CT molecular complexity index is 580. The van der Waals surface area contributed by atoms with E-state index in [4.69, 9.17) is 4.74 Å². The molecule has 1 N–H and O–H groups in total. The number of hydrogen-bond acceptors (Lipinski definition) is 5. The Balaban J connectivity index is 1.60. The number of imidazole rings is 1. The van der Waals surface area contributed by atoms with E-state index in [0.29, 0.717) is 6.54 Å². The topological polar surface area (TPSA) is 53.2 Å². The Morgan fingerprint density at radius 1 is 1.23 bits per heavy atom. The van der Waals surface area contributed by atoms with E-state index in [1.807, 2.05) is 30.6 Å². The molecular formula is C16H24N4O2. The van der Waals surface area contributed by atoms with Crippen LogP contribution in [0.5, 0.6) is 0 Å². The van der Waals surface area contributed by atoms with Crippen molar-refractivity contribution >= 4 is 5.65 Å². The predicted octanol–water partition coefficient (Wildman–Crippen LogP) is 0.461. The van der Waals surface area contributed by atoms with Crippen molar-refractivity contribution in [3.63, 3.8) is 0 Å². The molecule has 1 aliphatic heterocycles. The number of aliphatic hydroxyl groups excluding tert-OH is 1. The molecule has 0 saturated carbocycles.